The van der Waals surface area contributed by atoms with E-state index < -0.39 is 0 Å². The van der Waals surface area contributed by atoms with Crippen LogP contribution in [0, 0.1) is 0 Å². The zero-order valence-corrected chi connectivity index (χ0v) is 8.62. The van der Waals surface area contributed by atoms with E-state index in [1.807, 2.05) is 0 Å². The summed E-state index contributed by atoms with van der Waals surface area (Å²) in [5.41, 5.74) is 0. The van der Waals surface area contributed by atoms with E-state index in [0.29, 0.717) is 13.1 Å². The molecule has 0 unspecified atom stereocenters. The van der Waals surface area contributed by atoms with Gasteiger partial charge in [0.1, 0.15) is 0 Å². The van der Waals surface area contributed by atoms with Crippen LogP contribution in [-0.4, -0.2) is 24.1 Å². The van der Waals surface area contributed by atoms with Crippen molar-refractivity contribution in [2.24, 2.45) is 5.84 Å². The fraction of sp³-hybridized carbons (Fsp3) is 0.889. The lowest BCUT2D eigenvalue weighted by Crippen LogP contribution is -2.42. The van der Waals surface area contributed by atoms with Crippen molar-refractivity contribution >= 4 is 6.03 Å². The lowest BCUT2D eigenvalue weighted by Gasteiger charge is -2.14. The first kappa shape index (κ1) is 12.2. The third-order valence-electron chi connectivity index (χ3n) is 1.76. The van der Waals surface area contributed by atoms with Crippen LogP contribution in [0.2, 0.25) is 0 Å². The van der Waals surface area contributed by atoms with Crippen molar-refractivity contribution in [3.63, 3.8) is 0 Å². The fourth-order valence-electron chi connectivity index (χ4n) is 0.848. The summed E-state index contributed by atoms with van der Waals surface area (Å²) in [4.78, 5) is 11.2. The molecule has 13 heavy (non-hydrogen) atoms. The van der Waals surface area contributed by atoms with E-state index in [2.05, 4.69) is 19.2 Å². The first-order valence-corrected chi connectivity index (χ1v) is 4.96. The Kier molecular flexibility index (Phi) is 7.39. The second kappa shape index (κ2) is 7.86. The molecule has 4 heteroatoms. The molecule has 0 aliphatic carbocycles. The number of carbonyl (C=O) groups is 1. The summed E-state index contributed by atoms with van der Waals surface area (Å²) in [6, 6.07) is -0.290. The second-order valence-electron chi connectivity index (χ2n) is 3.06. The minimum absolute atomic E-state index is 0.290. The number of unbranched alkanes of at least 4 members (excludes halogenated alkanes) is 2. The van der Waals surface area contributed by atoms with Gasteiger partial charge in [0.05, 0.1) is 0 Å². The van der Waals surface area contributed by atoms with Gasteiger partial charge in [-0.25, -0.2) is 16.0 Å². The first-order chi connectivity index (χ1) is 6.22. The molecule has 0 saturated carbocycles. The highest BCUT2D eigenvalue weighted by Gasteiger charge is 2.08. The first-order valence-electron chi connectivity index (χ1n) is 4.96. The van der Waals surface area contributed by atoms with Crippen molar-refractivity contribution in [2.45, 2.75) is 39.5 Å². The van der Waals surface area contributed by atoms with Gasteiger partial charge in [-0.05, 0) is 12.8 Å². The van der Waals surface area contributed by atoms with Crippen molar-refractivity contribution in [2.75, 3.05) is 13.1 Å². The van der Waals surface area contributed by atoms with E-state index >= 15 is 0 Å². The molecule has 0 heterocycles. The maximum atomic E-state index is 11.2. The van der Waals surface area contributed by atoms with E-state index in [9.17, 15) is 4.79 Å². The number of urea groups is 1. The zero-order valence-electron chi connectivity index (χ0n) is 8.62. The van der Waals surface area contributed by atoms with E-state index in [1.165, 1.54) is 5.01 Å². The van der Waals surface area contributed by atoms with Crippen LogP contribution in [0.15, 0.2) is 0 Å². The molecular weight excluding hydrogens is 166 g/mol. The van der Waals surface area contributed by atoms with Gasteiger partial charge in [-0.1, -0.05) is 26.7 Å². The predicted octanol–water partition coefficient (Wildman–Crippen LogP) is 1.49. The molecule has 77 valence electrons. The smallest absolute Gasteiger partial charge is 0.261 e. The van der Waals surface area contributed by atoms with Crippen molar-refractivity contribution in [1.29, 1.82) is 0 Å². The van der Waals surface area contributed by atoms with Gasteiger partial charge >= 0.3 is 6.03 Å². The summed E-state index contributed by atoms with van der Waals surface area (Å²) in [7, 11) is 0. The Labute approximate surface area is 80.4 Å². The SMILES string of the molecule is CCCC[N]C(=O)N(N)CCCC. The molecule has 0 aromatic heterocycles. The molecule has 0 atom stereocenters. The summed E-state index contributed by atoms with van der Waals surface area (Å²) >= 11 is 0. The number of nitrogens with zero attached hydrogens (tertiary/aromatic N) is 2. The minimum atomic E-state index is -0.290. The third-order valence-corrected chi connectivity index (χ3v) is 1.76. The van der Waals surface area contributed by atoms with Gasteiger partial charge in [0.25, 0.3) is 0 Å². The van der Waals surface area contributed by atoms with Gasteiger partial charge in [-0.3, -0.25) is 5.01 Å². The van der Waals surface area contributed by atoms with E-state index in [0.717, 1.165) is 25.7 Å². The van der Waals surface area contributed by atoms with Crippen LogP contribution < -0.4 is 11.2 Å². The highest BCUT2D eigenvalue weighted by molar-refractivity contribution is 5.73. The molecule has 0 spiro atoms. The molecule has 0 aliphatic rings. The number of nitrogens with two attached hydrogens (primary N) is 1. The zero-order chi connectivity index (χ0) is 10.1. The maximum absolute atomic E-state index is 11.2. The van der Waals surface area contributed by atoms with Crippen LogP contribution in [0.1, 0.15) is 39.5 Å². The highest BCUT2D eigenvalue weighted by atomic mass is 16.2. The molecule has 1 radical (unpaired) electrons. The number of amides is 2. The Balaban J connectivity index is 3.45. The van der Waals surface area contributed by atoms with Gasteiger partial charge in [0.2, 0.25) is 0 Å². The van der Waals surface area contributed by atoms with Crippen LogP contribution in [0.4, 0.5) is 4.79 Å². The second-order valence-corrected chi connectivity index (χ2v) is 3.06. The van der Waals surface area contributed by atoms with Crippen LogP contribution in [0.5, 0.6) is 0 Å². The topological polar surface area (TPSA) is 60.4 Å². The summed E-state index contributed by atoms with van der Waals surface area (Å²) in [6.07, 6.45) is 3.98. The third kappa shape index (κ3) is 6.40. The number of hydrogen-bond donors (Lipinski definition) is 1. The van der Waals surface area contributed by atoms with E-state index in [4.69, 9.17) is 5.84 Å². The van der Waals surface area contributed by atoms with Gasteiger partial charge in [-0.2, -0.15) is 0 Å². The molecule has 0 rings (SSSR count). The molecule has 0 aliphatic heterocycles. The van der Waals surface area contributed by atoms with Crippen molar-refractivity contribution in [3.8, 4) is 0 Å². The van der Waals surface area contributed by atoms with Crippen LogP contribution in [0.3, 0.4) is 0 Å². The Morgan fingerprint density at radius 3 is 2.46 bits per heavy atom. The summed E-state index contributed by atoms with van der Waals surface area (Å²) < 4.78 is 0. The van der Waals surface area contributed by atoms with Crippen molar-refractivity contribution in [3.05, 3.63) is 0 Å². The van der Waals surface area contributed by atoms with Gasteiger partial charge in [0.15, 0.2) is 0 Å². The minimum Gasteiger partial charge on any atom is -0.261 e. The normalized spacial score (nSPS) is 9.77. The molecule has 0 fully saturated rings. The standard InChI is InChI=1S/C9H20N3O/c1-3-5-7-11-9(13)12(10)8-6-4-2/h3-8,10H2,1-2H3. The quantitative estimate of drug-likeness (QED) is 0.295. The van der Waals surface area contributed by atoms with Gasteiger partial charge < -0.3 is 0 Å². The van der Waals surface area contributed by atoms with E-state index in [-0.39, 0.29) is 6.03 Å². The Bertz CT molecular complexity index is 139. The number of hydrogen-bond acceptors (Lipinski definition) is 2. The fourth-order valence-corrected chi connectivity index (χ4v) is 0.848. The van der Waals surface area contributed by atoms with Crippen molar-refractivity contribution in [1.82, 2.24) is 10.3 Å². The monoisotopic (exact) mass is 186 g/mol. The Hall–Kier alpha value is -0.770. The molecule has 2 N–H and O–H groups in total. The number of rotatable bonds is 6. The molecule has 0 aromatic carbocycles. The summed E-state index contributed by atoms with van der Waals surface area (Å²) in [5, 5.41) is 5.02. The van der Waals surface area contributed by atoms with Crippen LogP contribution in [0.25, 0.3) is 0 Å². The number of carbonyl (C=O) groups excluding carboxylic acids is 1. The summed E-state index contributed by atoms with van der Waals surface area (Å²) in [6.45, 7) is 5.32. The van der Waals surface area contributed by atoms with Crippen LogP contribution >= 0.6 is 0 Å². The average Bonchev–Trinajstić information content (AvgIpc) is 2.14. The molecule has 2 amide bonds. The van der Waals surface area contributed by atoms with Crippen molar-refractivity contribution < 1.29 is 4.79 Å². The largest absolute Gasteiger partial charge is 0.353 e. The van der Waals surface area contributed by atoms with Crippen LogP contribution in [-0.2, 0) is 0 Å². The lowest BCUT2D eigenvalue weighted by molar-refractivity contribution is 0.197. The summed E-state index contributed by atoms with van der Waals surface area (Å²) in [5.74, 6) is 5.48. The van der Waals surface area contributed by atoms with Gasteiger partial charge in [-0.15, -0.1) is 0 Å². The molecule has 4 nitrogen and oxygen atoms in total. The lowest BCUT2D eigenvalue weighted by atomic mass is 10.3. The highest BCUT2D eigenvalue weighted by Crippen LogP contribution is 1.91. The van der Waals surface area contributed by atoms with E-state index in [1.54, 1.807) is 0 Å². The Morgan fingerprint density at radius 2 is 1.92 bits per heavy atom. The number of hydrazine groups is 1. The molecular formula is C9H20N3O. The predicted molar refractivity (Wildman–Crippen MR) is 53.1 cm³/mol. The maximum Gasteiger partial charge on any atom is 0.353 e. The average molecular weight is 186 g/mol. The van der Waals surface area contributed by atoms with Gasteiger partial charge in [0, 0.05) is 13.1 Å². The molecule has 0 aromatic rings. The molecule has 0 saturated heterocycles. The molecule has 0 bridgehead atoms. The Morgan fingerprint density at radius 1 is 1.31 bits per heavy atom.